The van der Waals surface area contributed by atoms with Crippen LogP contribution < -0.4 is 5.32 Å². The van der Waals surface area contributed by atoms with Gasteiger partial charge in [0.05, 0.1) is 0 Å². The number of phenols is 1. The minimum absolute atomic E-state index is 0.327. The molecule has 92 valence electrons. The van der Waals surface area contributed by atoms with Gasteiger partial charge in [0.1, 0.15) is 5.75 Å². The van der Waals surface area contributed by atoms with Crippen LogP contribution in [0.3, 0.4) is 0 Å². The number of aromatic hydroxyl groups is 1. The van der Waals surface area contributed by atoms with E-state index >= 15 is 0 Å². The summed E-state index contributed by atoms with van der Waals surface area (Å²) in [7, 11) is 0. The summed E-state index contributed by atoms with van der Waals surface area (Å²) in [4.78, 5) is 0. The molecule has 2 aromatic carbocycles. The van der Waals surface area contributed by atoms with Gasteiger partial charge in [0.2, 0.25) is 0 Å². The Labute approximate surface area is 107 Å². The van der Waals surface area contributed by atoms with Crippen LogP contribution >= 0.6 is 0 Å². The molecule has 2 aromatic rings. The molecule has 3 rings (SSSR count). The van der Waals surface area contributed by atoms with Gasteiger partial charge in [0.15, 0.2) is 0 Å². The van der Waals surface area contributed by atoms with E-state index in [4.69, 9.17) is 0 Å². The van der Waals surface area contributed by atoms with Crippen molar-refractivity contribution in [1.82, 2.24) is 0 Å². The summed E-state index contributed by atoms with van der Waals surface area (Å²) in [6, 6.07) is 14.6. The quantitative estimate of drug-likeness (QED) is 0.788. The van der Waals surface area contributed by atoms with Crippen LogP contribution in [-0.4, -0.2) is 11.1 Å². The number of fused-ring (bicyclic) bond motifs is 1. The van der Waals surface area contributed by atoms with Crippen molar-refractivity contribution in [3.05, 3.63) is 59.2 Å². The van der Waals surface area contributed by atoms with Gasteiger partial charge in [-0.15, -0.1) is 0 Å². The molecule has 0 spiro atoms. The van der Waals surface area contributed by atoms with Gasteiger partial charge < -0.3 is 10.4 Å². The molecular formula is C16H17NO. The first kappa shape index (κ1) is 11.1. The van der Waals surface area contributed by atoms with E-state index in [2.05, 4.69) is 29.6 Å². The van der Waals surface area contributed by atoms with E-state index in [1.54, 1.807) is 12.1 Å². The first-order chi connectivity index (χ1) is 8.72. The van der Waals surface area contributed by atoms with Crippen molar-refractivity contribution in [2.45, 2.75) is 25.8 Å². The Balaban J connectivity index is 1.76. The van der Waals surface area contributed by atoms with Crippen molar-refractivity contribution in [3.8, 4) is 5.75 Å². The summed E-state index contributed by atoms with van der Waals surface area (Å²) in [5.74, 6) is 0.327. The maximum Gasteiger partial charge on any atom is 0.115 e. The number of hydrogen-bond acceptors (Lipinski definition) is 2. The molecule has 0 atom stereocenters. The average Bonchev–Trinajstić information content (AvgIpc) is 2.75. The average molecular weight is 239 g/mol. The van der Waals surface area contributed by atoms with Gasteiger partial charge in [0, 0.05) is 11.7 Å². The molecule has 0 heterocycles. The Morgan fingerprint density at radius 2 is 1.72 bits per heavy atom. The first-order valence-corrected chi connectivity index (χ1v) is 6.35. The zero-order valence-corrected chi connectivity index (χ0v) is 10.5. The van der Waals surface area contributed by atoms with Crippen molar-refractivity contribution in [3.63, 3.8) is 0 Å². The number of hydrogen-bond donors (Lipinski definition) is 2. The number of rotatable bonds is 2. The summed E-state index contributed by atoms with van der Waals surface area (Å²) >= 11 is 0. The molecule has 18 heavy (non-hydrogen) atoms. The second-order valence-electron chi connectivity index (χ2n) is 5.02. The highest BCUT2D eigenvalue weighted by Crippen LogP contribution is 2.27. The van der Waals surface area contributed by atoms with E-state index in [-0.39, 0.29) is 0 Å². The third kappa shape index (κ3) is 2.06. The Bertz CT molecular complexity index is 552. The molecule has 0 bridgehead atoms. The fraction of sp³-hybridized carbons (Fsp3) is 0.250. The van der Waals surface area contributed by atoms with E-state index in [9.17, 15) is 5.11 Å². The SMILES string of the molecule is Cc1cc(O)ccc1NC1Cc2ccccc2C1. The summed E-state index contributed by atoms with van der Waals surface area (Å²) in [6.45, 7) is 2.02. The summed E-state index contributed by atoms with van der Waals surface area (Å²) in [5.41, 5.74) is 5.11. The lowest BCUT2D eigenvalue weighted by atomic mass is 10.1. The molecule has 2 nitrogen and oxygen atoms in total. The minimum atomic E-state index is 0.327. The molecule has 2 heteroatoms. The second kappa shape index (κ2) is 4.37. The van der Waals surface area contributed by atoms with E-state index < -0.39 is 0 Å². The van der Waals surface area contributed by atoms with Crippen molar-refractivity contribution in [2.75, 3.05) is 5.32 Å². The molecule has 0 aliphatic heterocycles. The summed E-state index contributed by atoms with van der Waals surface area (Å²) < 4.78 is 0. The van der Waals surface area contributed by atoms with Crippen LogP contribution in [0.2, 0.25) is 0 Å². The Morgan fingerprint density at radius 3 is 2.33 bits per heavy atom. The topological polar surface area (TPSA) is 32.3 Å². The van der Waals surface area contributed by atoms with Crippen LogP contribution in [0, 0.1) is 6.92 Å². The lowest BCUT2D eigenvalue weighted by Crippen LogP contribution is -2.19. The highest BCUT2D eigenvalue weighted by Gasteiger charge is 2.20. The Morgan fingerprint density at radius 1 is 1.06 bits per heavy atom. The van der Waals surface area contributed by atoms with Crippen molar-refractivity contribution >= 4 is 5.69 Å². The van der Waals surface area contributed by atoms with Gasteiger partial charge in [0.25, 0.3) is 0 Å². The highest BCUT2D eigenvalue weighted by atomic mass is 16.3. The monoisotopic (exact) mass is 239 g/mol. The maximum atomic E-state index is 9.41. The zero-order chi connectivity index (χ0) is 12.5. The molecule has 1 aliphatic rings. The van der Waals surface area contributed by atoms with E-state index in [1.165, 1.54) is 11.1 Å². The van der Waals surface area contributed by atoms with Crippen LogP contribution in [-0.2, 0) is 12.8 Å². The predicted octanol–water partition coefficient (Wildman–Crippen LogP) is 3.28. The van der Waals surface area contributed by atoms with Crippen molar-refractivity contribution < 1.29 is 5.11 Å². The fourth-order valence-electron chi connectivity index (χ4n) is 2.69. The second-order valence-corrected chi connectivity index (χ2v) is 5.02. The third-order valence-corrected chi connectivity index (χ3v) is 3.62. The molecular weight excluding hydrogens is 222 g/mol. The fourth-order valence-corrected chi connectivity index (χ4v) is 2.69. The van der Waals surface area contributed by atoms with Gasteiger partial charge in [-0.3, -0.25) is 0 Å². The van der Waals surface area contributed by atoms with E-state index in [1.807, 2.05) is 13.0 Å². The zero-order valence-electron chi connectivity index (χ0n) is 10.5. The Kier molecular flexibility index (Phi) is 2.71. The smallest absolute Gasteiger partial charge is 0.115 e. The minimum Gasteiger partial charge on any atom is -0.508 e. The summed E-state index contributed by atoms with van der Waals surface area (Å²) in [6.07, 6.45) is 2.16. The van der Waals surface area contributed by atoms with Crippen LogP contribution in [0.15, 0.2) is 42.5 Å². The normalized spacial score (nSPS) is 14.5. The van der Waals surface area contributed by atoms with Gasteiger partial charge in [-0.05, 0) is 54.7 Å². The molecule has 2 N–H and O–H groups in total. The highest BCUT2D eigenvalue weighted by molar-refractivity contribution is 5.55. The standard InChI is InChI=1S/C16H17NO/c1-11-8-15(18)6-7-16(11)17-14-9-12-4-2-3-5-13(12)10-14/h2-8,14,17-18H,9-10H2,1H3. The number of anilines is 1. The largest absolute Gasteiger partial charge is 0.508 e. The van der Waals surface area contributed by atoms with Gasteiger partial charge in [-0.1, -0.05) is 24.3 Å². The summed E-state index contributed by atoms with van der Waals surface area (Å²) in [5, 5.41) is 13.0. The van der Waals surface area contributed by atoms with Gasteiger partial charge in [-0.2, -0.15) is 0 Å². The van der Waals surface area contributed by atoms with E-state index in [0.717, 1.165) is 24.1 Å². The number of aryl methyl sites for hydroxylation is 1. The molecule has 0 radical (unpaired) electrons. The first-order valence-electron chi connectivity index (χ1n) is 6.35. The Hall–Kier alpha value is -1.96. The molecule has 0 saturated carbocycles. The molecule has 0 unspecified atom stereocenters. The lowest BCUT2D eigenvalue weighted by Gasteiger charge is -2.15. The van der Waals surface area contributed by atoms with Crippen LogP contribution in [0.4, 0.5) is 5.69 Å². The maximum absolute atomic E-state index is 9.41. The lowest BCUT2D eigenvalue weighted by molar-refractivity contribution is 0.475. The number of phenolic OH excluding ortho intramolecular Hbond substituents is 1. The van der Waals surface area contributed by atoms with Gasteiger partial charge in [-0.25, -0.2) is 0 Å². The van der Waals surface area contributed by atoms with Gasteiger partial charge >= 0.3 is 0 Å². The molecule has 0 saturated heterocycles. The predicted molar refractivity (Wildman–Crippen MR) is 74.1 cm³/mol. The van der Waals surface area contributed by atoms with Crippen LogP contribution in [0.1, 0.15) is 16.7 Å². The molecule has 0 fully saturated rings. The molecule has 1 aliphatic carbocycles. The number of benzene rings is 2. The third-order valence-electron chi connectivity index (χ3n) is 3.62. The molecule has 0 amide bonds. The molecule has 0 aromatic heterocycles. The van der Waals surface area contributed by atoms with Crippen molar-refractivity contribution in [2.24, 2.45) is 0 Å². The van der Waals surface area contributed by atoms with Crippen LogP contribution in [0.5, 0.6) is 5.75 Å². The number of nitrogens with one attached hydrogen (secondary N) is 1. The van der Waals surface area contributed by atoms with Crippen LogP contribution in [0.25, 0.3) is 0 Å². The van der Waals surface area contributed by atoms with Crippen molar-refractivity contribution in [1.29, 1.82) is 0 Å². The van der Waals surface area contributed by atoms with E-state index in [0.29, 0.717) is 11.8 Å².